The van der Waals surface area contributed by atoms with Gasteiger partial charge in [-0.1, -0.05) is 6.07 Å². The molecule has 1 aliphatic rings. The van der Waals surface area contributed by atoms with Crippen LogP contribution in [0.1, 0.15) is 22.3 Å². The van der Waals surface area contributed by atoms with E-state index in [4.69, 9.17) is 4.42 Å². The second-order valence-electron chi connectivity index (χ2n) is 6.11. The Bertz CT molecular complexity index is 922. The van der Waals surface area contributed by atoms with Gasteiger partial charge in [0.25, 0.3) is 0 Å². The fraction of sp³-hybridized carbons (Fsp3) is 0.353. The van der Waals surface area contributed by atoms with Crippen molar-refractivity contribution in [2.24, 2.45) is 0 Å². The maximum absolute atomic E-state index is 12.2. The SMILES string of the molecule is Cc1cc(C)c2c(CC(=O)NC3C=CS(=O)(=O)C3)coc2c1C. The molecule has 0 saturated heterocycles. The van der Waals surface area contributed by atoms with Crippen LogP contribution in [0, 0.1) is 20.8 Å². The third kappa shape index (κ3) is 3.03. The molecule has 0 saturated carbocycles. The van der Waals surface area contributed by atoms with Gasteiger partial charge >= 0.3 is 0 Å². The third-order valence-corrected chi connectivity index (χ3v) is 5.65. The summed E-state index contributed by atoms with van der Waals surface area (Å²) in [6, 6.07) is 1.64. The van der Waals surface area contributed by atoms with Gasteiger partial charge in [-0.05, 0) is 43.5 Å². The molecule has 3 rings (SSSR count). The Morgan fingerprint density at radius 3 is 2.70 bits per heavy atom. The number of hydrogen-bond acceptors (Lipinski definition) is 4. The first kappa shape index (κ1) is 15.8. The second-order valence-corrected chi connectivity index (χ2v) is 8.04. The molecule has 0 radical (unpaired) electrons. The first-order chi connectivity index (χ1) is 10.8. The first-order valence-electron chi connectivity index (χ1n) is 7.44. The lowest BCUT2D eigenvalue weighted by Gasteiger charge is -2.10. The highest BCUT2D eigenvalue weighted by Crippen LogP contribution is 2.30. The van der Waals surface area contributed by atoms with Crippen molar-refractivity contribution in [2.45, 2.75) is 33.2 Å². The fourth-order valence-electron chi connectivity index (χ4n) is 3.01. The zero-order valence-corrected chi connectivity index (χ0v) is 14.2. The van der Waals surface area contributed by atoms with E-state index >= 15 is 0 Å². The van der Waals surface area contributed by atoms with Gasteiger partial charge in [-0.3, -0.25) is 4.79 Å². The lowest BCUT2D eigenvalue weighted by atomic mass is 9.99. The smallest absolute Gasteiger partial charge is 0.225 e. The summed E-state index contributed by atoms with van der Waals surface area (Å²) in [6.07, 6.45) is 3.30. The van der Waals surface area contributed by atoms with Crippen molar-refractivity contribution >= 4 is 26.7 Å². The maximum atomic E-state index is 12.2. The molecule has 0 aliphatic carbocycles. The molecule has 1 amide bonds. The quantitative estimate of drug-likeness (QED) is 0.935. The molecule has 1 aliphatic heterocycles. The summed E-state index contributed by atoms with van der Waals surface area (Å²) >= 11 is 0. The molecular formula is C17H19NO4S. The van der Waals surface area contributed by atoms with Gasteiger partial charge in [0, 0.05) is 16.4 Å². The third-order valence-electron chi connectivity index (χ3n) is 4.25. The molecular weight excluding hydrogens is 314 g/mol. The van der Waals surface area contributed by atoms with Gasteiger partial charge in [0.15, 0.2) is 9.84 Å². The molecule has 1 aromatic carbocycles. The Labute approximate surface area is 135 Å². The molecule has 2 aromatic rings. The Balaban J connectivity index is 1.81. The number of carbonyl (C=O) groups excluding carboxylic acids is 1. The van der Waals surface area contributed by atoms with Crippen LogP contribution in [-0.4, -0.2) is 26.1 Å². The van der Waals surface area contributed by atoms with Crippen molar-refractivity contribution in [3.8, 4) is 0 Å². The molecule has 0 spiro atoms. The summed E-state index contributed by atoms with van der Waals surface area (Å²) in [5, 5.41) is 4.86. The van der Waals surface area contributed by atoms with Crippen molar-refractivity contribution in [1.29, 1.82) is 0 Å². The molecule has 23 heavy (non-hydrogen) atoms. The number of fused-ring (bicyclic) bond motifs is 1. The Kier molecular flexibility index (Phi) is 3.80. The topological polar surface area (TPSA) is 76.4 Å². The zero-order valence-electron chi connectivity index (χ0n) is 13.3. The molecule has 6 heteroatoms. The number of sulfone groups is 1. The zero-order chi connectivity index (χ0) is 16.8. The summed E-state index contributed by atoms with van der Waals surface area (Å²) in [6.45, 7) is 6.03. The largest absolute Gasteiger partial charge is 0.464 e. The number of aryl methyl sites for hydroxylation is 3. The van der Waals surface area contributed by atoms with Crippen LogP contribution in [0.4, 0.5) is 0 Å². The Morgan fingerprint density at radius 2 is 2.04 bits per heavy atom. The van der Waals surface area contributed by atoms with Crippen LogP contribution in [0.5, 0.6) is 0 Å². The predicted octanol–water partition coefficient (Wildman–Crippen LogP) is 2.33. The van der Waals surface area contributed by atoms with E-state index < -0.39 is 15.9 Å². The van der Waals surface area contributed by atoms with Gasteiger partial charge < -0.3 is 9.73 Å². The van der Waals surface area contributed by atoms with Gasteiger partial charge in [-0.15, -0.1) is 0 Å². The van der Waals surface area contributed by atoms with Crippen LogP contribution in [0.25, 0.3) is 11.0 Å². The summed E-state index contributed by atoms with van der Waals surface area (Å²) in [5.74, 6) is -0.278. The number of amides is 1. The van der Waals surface area contributed by atoms with E-state index in [1.807, 2.05) is 20.8 Å². The fourth-order valence-corrected chi connectivity index (χ4v) is 4.25. The van der Waals surface area contributed by atoms with Crippen LogP contribution in [0.2, 0.25) is 0 Å². The highest BCUT2D eigenvalue weighted by atomic mass is 32.2. The van der Waals surface area contributed by atoms with E-state index in [1.165, 1.54) is 6.08 Å². The summed E-state index contributed by atoms with van der Waals surface area (Å²) < 4.78 is 28.4. The maximum Gasteiger partial charge on any atom is 0.225 e. The normalized spacial score (nSPS) is 19.3. The van der Waals surface area contributed by atoms with Gasteiger partial charge in [-0.2, -0.15) is 0 Å². The number of benzene rings is 1. The number of nitrogens with one attached hydrogen (secondary N) is 1. The van der Waals surface area contributed by atoms with Gasteiger partial charge in [0.05, 0.1) is 24.5 Å². The molecule has 1 N–H and O–H groups in total. The summed E-state index contributed by atoms with van der Waals surface area (Å²) in [7, 11) is -3.17. The van der Waals surface area contributed by atoms with E-state index in [-0.39, 0.29) is 18.1 Å². The molecule has 0 bridgehead atoms. The molecule has 1 unspecified atom stereocenters. The standard InChI is InChI=1S/C17H19NO4S/c1-10-6-11(2)16-13(8-22-17(16)12(10)3)7-15(19)18-14-4-5-23(20,21)9-14/h4-6,8,14H,7,9H2,1-3H3,(H,18,19). The van der Waals surface area contributed by atoms with E-state index in [1.54, 1.807) is 6.26 Å². The molecule has 1 atom stereocenters. The number of hydrogen-bond donors (Lipinski definition) is 1. The summed E-state index contributed by atoms with van der Waals surface area (Å²) in [4.78, 5) is 12.2. The van der Waals surface area contributed by atoms with Gasteiger partial charge in [0.2, 0.25) is 5.91 Å². The number of carbonyl (C=O) groups is 1. The van der Waals surface area contributed by atoms with Crippen LogP contribution in [0.15, 0.2) is 28.2 Å². The minimum absolute atomic E-state index is 0.0673. The van der Waals surface area contributed by atoms with E-state index in [0.29, 0.717) is 0 Å². The number of furan rings is 1. The second kappa shape index (κ2) is 5.53. The summed E-state index contributed by atoms with van der Waals surface area (Å²) in [5.41, 5.74) is 4.93. The van der Waals surface area contributed by atoms with E-state index in [0.717, 1.165) is 38.6 Å². The molecule has 2 heterocycles. The van der Waals surface area contributed by atoms with Crippen molar-refractivity contribution < 1.29 is 17.6 Å². The highest BCUT2D eigenvalue weighted by Gasteiger charge is 2.23. The monoisotopic (exact) mass is 333 g/mol. The minimum atomic E-state index is -3.17. The van der Waals surface area contributed by atoms with Gasteiger partial charge in [0.1, 0.15) is 5.58 Å². The minimum Gasteiger partial charge on any atom is -0.464 e. The molecule has 1 aromatic heterocycles. The number of rotatable bonds is 3. The molecule has 0 fully saturated rings. The first-order valence-corrected chi connectivity index (χ1v) is 9.15. The molecule has 122 valence electrons. The van der Waals surface area contributed by atoms with Crippen LogP contribution in [0.3, 0.4) is 0 Å². The Hall–Kier alpha value is -2.08. The van der Waals surface area contributed by atoms with Crippen molar-refractivity contribution in [2.75, 3.05) is 5.75 Å². The average molecular weight is 333 g/mol. The van der Waals surface area contributed by atoms with Crippen molar-refractivity contribution in [3.05, 3.63) is 46.1 Å². The lowest BCUT2D eigenvalue weighted by molar-refractivity contribution is -0.120. The molecule has 5 nitrogen and oxygen atoms in total. The van der Waals surface area contributed by atoms with E-state index in [9.17, 15) is 13.2 Å². The van der Waals surface area contributed by atoms with Crippen molar-refractivity contribution in [3.63, 3.8) is 0 Å². The predicted molar refractivity (Wildman–Crippen MR) is 89.0 cm³/mol. The average Bonchev–Trinajstić information content (AvgIpc) is 3.00. The van der Waals surface area contributed by atoms with Gasteiger partial charge in [-0.25, -0.2) is 8.42 Å². The highest BCUT2D eigenvalue weighted by molar-refractivity contribution is 7.94. The van der Waals surface area contributed by atoms with Crippen molar-refractivity contribution in [1.82, 2.24) is 5.32 Å². The van der Waals surface area contributed by atoms with Crippen LogP contribution >= 0.6 is 0 Å². The van der Waals surface area contributed by atoms with E-state index in [2.05, 4.69) is 11.4 Å². The van der Waals surface area contributed by atoms with Crippen LogP contribution in [-0.2, 0) is 21.1 Å². The van der Waals surface area contributed by atoms with Crippen LogP contribution < -0.4 is 5.32 Å². The Morgan fingerprint density at radius 1 is 1.30 bits per heavy atom. The lowest BCUT2D eigenvalue weighted by Crippen LogP contribution is -2.36.